The van der Waals surface area contributed by atoms with Gasteiger partial charge in [-0.15, -0.1) is 24.0 Å². The van der Waals surface area contributed by atoms with E-state index in [0.29, 0.717) is 24.8 Å². The van der Waals surface area contributed by atoms with Crippen molar-refractivity contribution < 1.29 is 17.9 Å². The van der Waals surface area contributed by atoms with Crippen LogP contribution in [0.4, 0.5) is 13.2 Å². The van der Waals surface area contributed by atoms with Crippen molar-refractivity contribution in [1.82, 2.24) is 10.6 Å². The zero-order valence-electron chi connectivity index (χ0n) is 16.1. The Morgan fingerprint density at radius 2 is 1.93 bits per heavy atom. The number of rotatable bonds is 6. The van der Waals surface area contributed by atoms with Gasteiger partial charge in [-0.25, -0.2) is 0 Å². The molecule has 2 atom stereocenters. The molecule has 2 unspecified atom stereocenters. The number of nitrogens with one attached hydrogen (secondary N) is 2. The van der Waals surface area contributed by atoms with Gasteiger partial charge in [0.05, 0.1) is 12.5 Å². The summed E-state index contributed by atoms with van der Waals surface area (Å²) in [5.74, 6) is 0.828. The molecule has 2 fully saturated rings. The molecule has 0 aliphatic heterocycles. The molecule has 1 aromatic rings. The van der Waals surface area contributed by atoms with Gasteiger partial charge in [0.1, 0.15) is 5.75 Å². The molecule has 1 aromatic carbocycles. The number of nitrogens with zero attached hydrogens (tertiary/aromatic N) is 1. The van der Waals surface area contributed by atoms with Crippen molar-refractivity contribution in [3.05, 3.63) is 29.8 Å². The fourth-order valence-corrected chi connectivity index (χ4v) is 3.47. The average Bonchev–Trinajstić information content (AvgIpc) is 3.48. The van der Waals surface area contributed by atoms with E-state index in [0.717, 1.165) is 24.3 Å². The maximum Gasteiger partial charge on any atom is 0.391 e. The van der Waals surface area contributed by atoms with E-state index >= 15 is 0 Å². The highest BCUT2D eigenvalue weighted by atomic mass is 127. The van der Waals surface area contributed by atoms with Gasteiger partial charge in [0.15, 0.2) is 5.96 Å². The molecule has 0 bridgehead atoms. The smallest absolute Gasteiger partial charge is 0.391 e. The van der Waals surface area contributed by atoms with Gasteiger partial charge >= 0.3 is 6.18 Å². The lowest BCUT2D eigenvalue weighted by Crippen LogP contribution is -2.46. The summed E-state index contributed by atoms with van der Waals surface area (Å²) in [5, 5.41) is 6.36. The zero-order chi connectivity index (χ0) is 19.3. The molecule has 4 nitrogen and oxygen atoms in total. The minimum absolute atomic E-state index is 0. The summed E-state index contributed by atoms with van der Waals surface area (Å²) >= 11 is 0. The predicted octanol–water partition coefficient (Wildman–Crippen LogP) is 4.88. The molecule has 0 radical (unpaired) electrons. The Hall–Kier alpha value is -1.19. The van der Waals surface area contributed by atoms with Crippen molar-refractivity contribution in [2.45, 2.75) is 57.3 Å². The van der Waals surface area contributed by atoms with E-state index in [-0.39, 0.29) is 42.9 Å². The number of benzene rings is 1. The predicted molar refractivity (Wildman–Crippen MR) is 115 cm³/mol. The number of para-hydroxylation sites is 1. The standard InChI is InChI=1S/C20H28F3N3O.HI/c1-24-19(26-17-7-4-6-16(11-17)20(21,22)23)25-12-15-5-2-3-8-18(15)27-13-14-9-10-14;/h2-3,5,8,14,16-17H,4,6-7,9-13H2,1H3,(H2,24,25,26);1H. The molecule has 2 N–H and O–H groups in total. The van der Waals surface area contributed by atoms with Crippen molar-refractivity contribution in [2.75, 3.05) is 13.7 Å². The maximum absolute atomic E-state index is 13.0. The van der Waals surface area contributed by atoms with Gasteiger partial charge in [0.2, 0.25) is 0 Å². The van der Waals surface area contributed by atoms with Gasteiger partial charge in [-0.3, -0.25) is 4.99 Å². The third-order valence-corrected chi connectivity index (χ3v) is 5.29. The maximum atomic E-state index is 13.0. The Bertz CT molecular complexity index is 650. The van der Waals surface area contributed by atoms with E-state index in [4.69, 9.17) is 4.74 Å². The number of halogens is 4. The van der Waals surface area contributed by atoms with Gasteiger partial charge in [-0.05, 0) is 44.1 Å². The lowest BCUT2D eigenvalue weighted by molar-refractivity contribution is -0.183. The monoisotopic (exact) mass is 511 g/mol. The second-order valence-corrected chi connectivity index (χ2v) is 7.53. The van der Waals surface area contributed by atoms with Crippen molar-refractivity contribution >= 4 is 29.9 Å². The van der Waals surface area contributed by atoms with E-state index < -0.39 is 12.1 Å². The van der Waals surface area contributed by atoms with Crippen LogP contribution < -0.4 is 15.4 Å². The molecule has 158 valence electrons. The summed E-state index contributed by atoms with van der Waals surface area (Å²) in [6.07, 6.45) is -0.0144. The Balaban J connectivity index is 0.00000280. The molecule has 3 rings (SSSR count). The van der Waals surface area contributed by atoms with Crippen LogP contribution in [0.25, 0.3) is 0 Å². The van der Waals surface area contributed by atoms with Crippen molar-refractivity contribution in [2.24, 2.45) is 16.8 Å². The highest BCUT2D eigenvalue weighted by Gasteiger charge is 2.42. The molecular formula is C20H29F3IN3O. The number of guanidine groups is 1. The first-order valence-electron chi connectivity index (χ1n) is 9.70. The molecule has 0 aromatic heterocycles. The Labute approximate surface area is 181 Å². The molecule has 0 amide bonds. The fraction of sp³-hybridized carbons (Fsp3) is 0.650. The summed E-state index contributed by atoms with van der Waals surface area (Å²) < 4.78 is 44.9. The van der Waals surface area contributed by atoms with E-state index in [9.17, 15) is 13.2 Å². The highest BCUT2D eigenvalue weighted by Crippen LogP contribution is 2.37. The van der Waals surface area contributed by atoms with Crippen LogP contribution in [-0.4, -0.2) is 31.8 Å². The van der Waals surface area contributed by atoms with E-state index in [2.05, 4.69) is 15.6 Å². The van der Waals surface area contributed by atoms with E-state index in [1.54, 1.807) is 7.05 Å². The molecule has 2 aliphatic carbocycles. The first kappa shape index (κ1) is 23.1. The van der Waals surface area contributed by atoms with E-state index in [1.807, 2.05) is 24.3 Å². The number of ether oxygens (including phenoxy) is 1. The first-order chi connectivity index (χ1) is 13.0. The molecule has 2 saturated carbocycles. The summed E-state index contributed by atoms with van der Waals surface area (Å²) in [7, 11) is 1.63. The normalized spacial score (nSPS) is 22.9. The third-order valence-electron chi connectivity index (χ3n) is 5.29. The molecular weight excluding hydrogens is 482 g/mol. The van der Waals surface area contributed by atoms with Gasteiger partial charge in [0, 0.05) is 25.2 Å². The number of alkyl halides is 3. The highest BCUT2D eigenvalue weighted by molar-refractivity contribution is 14.0. The molecule has 0 saturated heterocycles. The third kappa shape index (κ3) is 7.00. The van der Waals surface area contributed by atoms with Crippen LogP contribution in [0, 0.1) is 11.8 Å². The molecule has 28 heavy (non-hydrogen) atoms. The average molecular weight is 511 g/mol. The quantitative estimate of drug-likeness (QED) is 0.325. The molecule has 2 aliphatic rings. The first-order valence-corrected chi connectivity index (χ1v) is 9.70. The van der Waals surface area contributed by atoms with Gasteiger partial charge in [-0.1, -0.05) is 24.6 Å². The molecule has 8 heteroatoms. The van der Waals surface area contributed by atoms with Gasteiger partial charge in [0.25, 0.3) is 0 Å². The Morgan fingerprint density at radius 3 is 2.61 bits per heavy atom. The van der Waals surface area contributed by atoms with Crippen LogP contribution in [0.15, 0.2) is 29.3 Å². The fourth-order valence-electron chi connectivity index (χ4n) is 3.47. The van der Waals surface area contributed by atoms with Gasteiger partial charge in [-0.2, -0.15) is 13.2 Å². The van der Waals surface area contributed by atoms with Gasteiger partial charge < -0.3 is 15.4 Å². The minimum Gasteiger partial charge on any atom is -0.493 e. The Morgan fingerprint density at radius 1 is 1.18 bits per heavy atom. The lowest BCUT2D eigenvalue weighted by Gasteiger charge is -2.32. The largest absolute Gasteiger partial charge is 0.493 e. The second-order valence-electron chi connectivity index (χ2n) is 7.53. The SMILES string of the molecule is CN=C(NCc1ccccc1OCC1CC1)NC1CCCC(C(F)(F)F)C1.I. The van der Waals surface area contributed by atoms with Crippen LogP contribution >= 0.6 is 24.0 Å². The van der Waals surface area contributed by atoms with Crippen LogP contribution in [-0.2, 0) is 6.54 Å². The van der Waals surface area contributed by atoms with Crippen LogP contribution in [0.3, 0.4) is 0 Å². The number of hydrogen-bond acceptors (Lipinski definition) is 2. The Kier molecular flexibility index (Phi) is 8.70. The van der Waals surface area contributed by atoms with E-state index in [1.165, 1.54) is 12.8 Å². The number of aliphatic imine (C=N–C) groups is 1. The molecule has 0 heterocycles. The lowest BCUT2D eigenvalue weighted by atomic mass is 9.85. The van der Waals surface area contributed by atoms with Crippen molar-refractivity contribution in [3.63, 3.8) is 0 Å². The second kappa shape index (κ2) is 10.5. The topological polar surface area (TPSA) is 45.7 Å². The summed E-state index contributed by atoms with van der Waals surface area (Å²) in [4.78, 5) is 4.17. The summed E-state index contributed by atoms with van der Waals surface area (Å²) in [6.45, 7) is 1.25. The van der Waals surface area contributed by atoms with Crippen LogP contribution in [0.5, 0.6) is 5.75 Å². The van der Waals surface area contributed by atoms with Crippen LogP contribution in [0.1, 0.15) is 44.1 Å². The number of hydrogen-bond donors (Lipinski definition) is 2. The molecule has 0 spiro atoms. The summed E-state index contributed by atoms with van der Waals surface area (Å²) in [5.41, 5.74) is 1.01. The van der Waals surface area contributed by atoms with Crippen molar-refractivity contribution in [3.8, 4) is 5.75 Å². The van der Waals surface area contributed by atoms with Crippen molar-refractivity contribution in [1.29, 1.82) is 0 Å². The summed E-state index contributed by atoms with van der Waals surface area (Å²) in [6, 6.07) is 7.62. The zero-order valence-corrected chi connectivity index (χ0v) is 18.4. The minimum atomic E-state index is -4.12. The van der Waals surface area contributed by atoms with Crippen LogP contribution in [0.2, 0.25) is 0 Å².